The Bertz CT molecular complexity index is 1060. The fraction of sp³-hybridized carbons (Fsp3) is 0.400. The molecule has 0 radical (unpaired) electrons. The molecule has 0 aromatic heterocycles. The van der Waals surface area contributed by atoms with E-state index < -0.39 is 19.7 Å². The minimum Gasteiger partial charge on any atom is -0.494 e. The fourth-order valence-corrected chi connectivity index (χ4v) is 5.24. The Balaban J connectivity index is 2.04. The maximum absolute atomic E-state index is 12.4. The molecule has 0 N–H and O–H groups in total. The molecule has 1 heterocycles. The molecule has 0 saturated carbocycles. The molecule has 2 aromatic carbocycles. The van der Waals surface area contributed by atoms with E-state index in [-0.39, 0.29) is 15.8 Å². The minimum atomic E-state index is -3.60. The van der Waals surface area contributed by atoms with Crippen LogP contribution in [0.5, 0.6) is 5.75 Å². The summed E-state index contributed by atoms with van der Waals surface area (Å²) >= 11 is 0. The van der Waals surface area contributed by atoms with Crippen molar-refractivity contribution < 1.29 is 21.6 Å². The van der Waals surface area contributed by atoms with Crippen molar-refractivity contribution in [1.29, 1.82) is 0 Å². The molecule has 1 atom stereocenters. The molecule has 2 aromatic rings. The Morgan fingerprint density at radius 3 is 2.25 bits per heavy atom. The summed E-state index contributed by atoms with van der Waals surface area (Å²) in [7, 11) is -7.10. The Morgan fingerprint density at radius 2 is 1.68 bits per heavy atom. The van der Waals surface area contributed by atoms with Crippen molar-refractivity contribution >= 4 is 25.4 Å². The van der Waals surface area contributed by atoms with Gasteiger partial charge in [0.05, 0.1) is 28.1 Å². The summed E-state index contributed by atoms with van der Waals surface area (Å²) in [4.78, 5) is 2.11. The van der Waals surface area contributed by atoms with Gasteiger partial charge in [-0.1, -0.05) is 12.1 Å². The molecule has 3 rings (SSSR count). The van der Waals surface area contributed by atoms with Crippen molar-refractivity contribution in [3.05, 3.63) is 48.0 Å². The molecular formula is C20H25NO5S2. The van der Waals surface area contributed by atoms with E-state index in [2.05, 4.69) is 4.90 Å². The predicted octanol–water partition coefficient (Wildman–Crippen LogP) is 3.23. The molecule has 1 aliphatic rings. The molecule has 0 unspecified atom stereocenters. The molecule has 0 amide bonds. The first-order valence-corrected chi connectivity index (χ1v) is 12.9. The van der Waals surface area contributed by atoms with Gasteiger partial charge in [0, 0.05) is 19.1 Å². The lowest BCUT2D eigenvalue weighted by Gasteiger charge is -2.29. The van der Waals surface area contributed by atoms with Gasteiger partial charge in [-0.25, -0.2) is 16.8 Å². The van der Waals surface area contributed by atoms with Crippen LogP contribution >= 0.6 is 0 Å². The van der Waals surface area contributed by atoms with Gasteiger partial charge in [0.2, 0.25) is 0 Å². The van der Waals surface area contributed by atoms with Crippen molar-refractivity contribution in [3.63, 3.8) is 0 Å². The first-order chi connectivity index (χ1) is 13.1. The van der Waals surface area contributed by atoms with Gasteiger partial charge in [0.15, 0.2) is 19.7 Å². The topological polar surface area (TPSA) is 80.8 Å². The van der Waals surface area contributed by atoms with Crippen LogP contribution in [0.3, 0.4) is 0 Å². The van der Waals surface area contributed by atoms with E-state index in [9.17, 15) is 16.8 Å². The number of sulfone groups is 2. The van der Waals surface area contributed by atoms with E-state index in [1.165, 1.54) is 12.1 Å². The van der Waals surface area contributed by atoms with Crippen LogP contribution in [-0.4, -0.2) is 42.5 Å². The van der Waals surface area contributed by atoms with Gasteiger partial charge in [-0.3, -0.25) is 0 Å². The number of hydrogen-bond acceptors (Lipinski definition) is 6. The molecule has 0 spiro atoms. The number of rotatable bonds is 6. The number of nitrogens with zero attached hydrogens (tertiary/aromatic N) is 1. The van der Waals surface area contributed by atoms with E-state index in [0.717, 1.165) is 36.7 Å². The van der Waals surface area contributed by atoms with Crippen LogP contribution in [0.2, 0.25) is 0 Å². The van der Waals surface area contributed by atoms with Crippen molar-refractivity contribution in [1.82, 2.24) is 0 Å². The standard InChI is InChI=1S/C20H25NO5S2/c1-4-26-16-9-7-15(8-10-16)18-6-5-13-21(18)19-12-11-17(27(2,22)23)14-20(19)28(3,24)25/h7-12,14,18H,4-6,13H2,1-3H3/t18-/m1/s1. The molecule has 28 heavy (non-hydrogen) atoms. The first-order valence-electron chi connectivity index (χ1n) is 9.15. The van der Waals surface area contributed by atoms with E-state index in [4.69, 9.17) is 4.74 Å². The van der Waals surface area contributed by atoms with Crippen LogP contribution in [0.1, 0.15) is 31.4 Å². The Morgan fingerprint density at radius 1 is 1.00 bits per heavy atom. The van der Waals surface area contributed by atoms with Crippen molar-refractivity contribution in [3.8, 4) is 5.75 Å². The number of hydrogen-bond donors (Lipinski definition) is 0. The highest BCUT2D eigenvalue weighted by Gasteiger charge is 2.30. The predicted molar refractivity (Wildman–Crippen MR) is 110 cm³/mol. The normalized spacial score (nSPS) is 17.7. The highest BCUT2D eigenvalue weighted by molar-refractivity contribution is 7.91. The summed E-state index contributed by atoms with van der Waals surface area (Å²) in [5.74, 6) is 0.796. The zero-order valence-corrected chi connectivity index (χ0v) is 17.9. The number of ether oxygens (including phenoxy) is 1. The molecule has 0 bridgehead atoms. The van der Waals surface area contributed by atoms with E-state index in [0.29, 0.717) is 18.8 Å². The molecule has 1 saturated heterocycles. The van der Waals surface area contributed by atoms with Crippen molar-refractivity contribution in [2.24, 2.45) is 0 Å². The Kier molecular flexibility index (Phi) is 5.72. The van der Waals surface area contributed by atoms with E-state index in [1.54, 1.807) is 6.07 Å². The Hall–Kier alpha value is -2.06. The third kappa shape index (κ3) is 4.33. The van der Waals surface area contributed by atoms with Gasteiger partial charge < -0.3 is 9.64 Å². The maximum atomic E-state index is 12.4. The van der Waals surface area contributed by atoms with Crippen LogP contribution in [0.25, 0.3) is 0 Å². The molecule has 0 aliphatic carbocycles. The molecule has 152 valence electrons. The highest BCUT2D eigenvalue weighted by atomic mass is 32.2. The lowest BCUT2D eigenvalue weighted by Crippen LogP contribution is -2.24. The van der Waals surface area contributed by atoms with Gasteiger partial charge in [-0.15, -0.1) is 0 Å². The van der Waals surface area contributed by atoms with Gasteiger partial charge >= 0.3 is 0 Å². The number of anilines is 1. The summed E-state index contributed by atoms with van der Waals surface area (Å²) in [6.45, 7) is 3.23. The maximum Gasteiger partial charge on any atom is 0.177 e. The monoisotopic (exact) mass is 423 g/mol. The van der Waals surface area contributed by atoms with Gasteiger partial charge in [0.1, 0.15) is 5.75 Å². The average molecular weight is 424 g/mol. The molecule has 1 fully saturated rings. The number of benzene rings is 2. The van der Waals surface area contributed by atoms with Crippen molar-refractivity contribution in [2.45, 2.75) is 35.6 Å². The summed E-state index contributed by atoms with van der Waals surface area (Å²) in [5, 5.41) is 0. The van der Waals surface area contributed by atoms with E-state index >= 15 is 0 Å². The molecule has 6 nitrogen and oxygen atoms in total. The van der Waals surface area contributed by atoms with Crippen LogP contribution in [0.15, 0.2) is 52.3 Å². The quantitative estimate of drug-likeness (QED) is 0.710. The Labute approximate surface area is 167 Å². The second-order valence-corrected chi connectivity index (χ2v) is 11.0. The van der Waals surface area contributed by atoms with Crippen LogP contribution in [0.4, 0.5) is 5.69 Å². The molecular weight excluding hydrogens is 398 g/mol. The lowest BCUT2D eigenvalue weighted by atomic mass is 10.0. The summed E-state index contributed by atoms with van der Waals surface area (Å²) in [5.41, 5.74) is 1.62. The molecule has 8 heteroatoms. The smallest absolute Gasteiger partial charge is 0.177 e. The van der Waals surface area contributed by atoms with E-state index in [1.807, 2.05) is 31.2 Å². The molecule has 1 aliphatic heterocycles. The average Bonchev–Trinajstić information content (AvgIpc) is 3.10. The summed E-state index contributed by atoms with van der Waals surface area (Å²) in [6, 6.07) is 12.2. The second-order valence-electron chi connectivity index (χ2n) is 7.03. The lowest BCUT2D eigenvalue weighted by molar-refractivity contribution is 0.340. The third-order valence-corrected chi connectivity index (χ3v) is 7.13. The fourth-order valence-electron chi connectivity index (χ4n) is 3.61. The summed E-state index contributed by atoms with van der Waals surface area (Å²) in [6.07, 6.45) is 4.01. The van der Waals surface area contributed by atoms with Gasteiger partial charge in [-0.2, -0.15) is 0 Å². The summed E-state index contributed by atoms with van der Waals surface area (Å²) < 4.78 is 54.1. The van der Waals surface area contributed by atoms with Crippen LogP contribution in [0, 0.1) is 0 Å². The van der Waals surface area contributed by atoms with Crippen LogP contribution < -0.4 is 9.64 Å². The van der Waals surface area contributed by atoms with Crippen LogP contribution in [-0.2, 0) is 19.7 Å². The first kappa shape index (κ1) is 20.7. The highest BCUT2D eigenvalue weighted by Crippen LogP contribution is 2.40. The second kappa shape index (κ2) is 7.75. The third-order valence-electron chi connectivity index (χ3n) is 4.90. The largest absolute Gasteiger partial charge is 0.494 e. The SMILES string of the molecule is CCOc1ccc([C@H]2CCCN2c2ccc(S(C)(=O)=O)cc2S(C)(=O)=O)cc1. The zero-order chi connectivity index (χ0) is 20.5. The zero-order valence-electron chi connectivity index (χ0n) is 16.3. The van der Waals surface area contributed by atoms with Gasteiger partial charge in [0.25, 0.3) is 0 Å². The van der Waals surface area contributed by atoms with Crippen molar-refractivity contribution in [2.75, 3.05) is 30.6 Å². The minimum absolute atomic E-state index is 0.00786. The van der Waals surface area contributed by atoms with Gasteiger partial charge in [-0.05, 0) is 55.7 Å².